The molecular weight excluding hydrogens is 270 g/mol. The van der Waals surface area contributed by atoms with Crippen LogP contribution in [0.2, 0.25) is 0 Å². The van der Waals surface area contributed by atoms with Crippen molar-refractivity contribution in [3.05, 3.63) is 23.9 Å². The second-order valence-electron chi connectivity index (χ2n) is 5.37. The normalized spacial score (nSPS) is 18.9. The predicted octanol–water partition coefficient (Wildman–Crippen LogP) is 0.483. The van der Waals surface area contributed by atoms with E-state index < -0.39 is 0 Å². The maximum atomic E-state index is 12.6. The lowest BCUT2D eigenvalue weighted by Crippen LogP contribution is -2.44. The molecule has 0 saturated carbocycles. The van der Waals surface area contributed by atoms with Crippen LogP contribution in [0.25, 0.3) is 10.9 Å². The fourth-order valence-electron chi connectivity index (χ4n) is 2.74. The molecular formula is C14H17N5O2. The Morgan fingerprint density at radius 3 is 2.95 bits per heavy atom. The van der Waals surface area contributed by atoms with Gasteiger partial charge in [-0.3, -0.25) is 14.7 Å². The number of aromatic amines is 1. The van der Waals surface area contributed by atoms with Gasteiger partial charge in [-0.2, -0.15) is 5.10 Å². The van der Waals surface area contributed by atoms with Crippen molar-refractivity contribution in [1.29, 1.82) is 0 Å². The maximum absolute atomic E-state index is 12.6. The summed E-state index contributed by atoms with van der Waals surface area (Å²) >= 11 is 0. The first kappa shape index (κ1) is 13.4. The number of benzene rings is 1. The third-order valence-electron chi connectivity index (χ3n) is 3.90. The minimum Gasteiger partial charge on any atom is -0.399 e. The van der Waals surface area contributed by atoms with Crippen LogP contribution in [-0.4, -0.2) is 40.0 Å². The summed E-state index contributed by atoms with van der Waals surface area (Å²) in [4.78, 5) is 25.6. The number of carbonyl (C=O) groups excluding carboxylic acids is 2. The van der Waals surface area contributed by atoms with Gasteiger partial charge in [0.1, 0.15) is 0 Å². The topological polar surface area (TPSA) is 118 Å². The van der Waals surface area contributed by atoms with Crippen LogP contribution in [-0.2, 0) is 4.79 Å². The molecule has 0 bridgehead atoms. The molecule has 0 radical (unpaired) electrons. The van der Waals surface area contributed by atoms with E-state index in [1.807, 2.05) is 0 Å². The van der Waals surface area contributed by atoms with E-state index in [2.05, 4.69) is 10.2 Å². The summed E-state index contributed by atoms with van der Waals surface area (Å²) in [5.74, 6) is -0.834. The molecule has 0 aliphatic carbocycles. The SMILES string of the molecule is NC(=O)C1CCCN(C(=O)c2n[nH]c3ccc(N)cc23)C1. The molecule has 1 aliphatic heterocycles. The summed E-state index contributed by atoms with van der Waals surface area (Å²) in [6.07, 6.45) is 1.50. The molecule has 2 amide bonds. The molecule has 1 atom stereocenters. The summed E-state index contributed by atoms with van der Waals surface area (Å²) in [6.45, 7) is 0.962. The smallest absolute Gasteiger partial charge is 0.275 e. The third kappa shape index (κ3) is 2.42. The van der Waals surface area contributed by atoms with Gasteiger partial charge >= 0.3 is 0 Å². The number of piperidine rings is 1. The van der Waals surface area contributed by atoms with E-state index in [0.717, 1.165) is 18.4 Å². The van der Waals surface area contributed by atoms with Crippen LogP contribution in [0.4, 0.5) is 5.69 Å². The molecule has 2 heterocycles. The fraction of sp³-hybridized carbons (Fsp3) is 0.357. The van der Waals surface area contributed by atoms with Crippen LogP contribution in [0.5, 0.6) is 0 Å². The summed E-state index contributed by atoms with van der Waals surface area (Å²) in [5.41, 5.74) is 12.8. The predicted molar refractivity (Wildman–Crippen MR) is 78.3 cm³/mol. The standard InChI is InChI=1S/C14H17N5O2/c15-9-3-4-11-10(6-9)12(18-17-11)14(21)19-5-1-2-8(7-19)13(16)20/h3-4,6,8H,1-2,5,7,15H2,(H2,16,20)(H,17,18). The number of primary amides is 1. The Morgan fingerprint density at radius 1 is 1.38 bits per heavy atom. The van der Waals surface area contributed by atoms with Gasteiger partial charge < -0.3 is 16.4 Å². The highest BCUT2D eigenvalue weighted by Gasteiger charge is 2.29. The number of amides is 2. The number of rotatable bonds is 2. The number of nitrogens with one attached hydrogen (secondary N) is 1. The van der Waals surface area contributed by atoms with Gasteiger partial charge in [0.05, 0.1) is 11.4 Å². The first-order chi connectivity index (χ1) is 10.1. The van der Waals surface area contributed by atoms with Gasteiger partial charge in [0.15, 0.2) is 5.69 Å². The Morgan fingerprint density at radius 2 is 2.19 bits per heavy atom. The summed E-state index contributed by atoms with van der Waals surface area (Å²) in [5, 5.41) is 7.61. The Bertz CT molecular complexity index is 708. The Hall–Kier alpha value is -2.57. The van der Waals surface area contributed by atoms with Crippen molar-refractivity contribution < 1.29 is 9.59 Å². The number of anilines is 1. The number of hydrogen-bond donors (Lipinski definition) is 3. The molecule has 7 nitrogen and oxygen atoms in total. The van der Waals surface area contributed by atoms with Gasteiger partial charge in [-0.15, -0.1) is 0 Å². The Balaban J connectivity index is 1.90. The van der Waals surface area contributed by atoms with E-state index in [9.17, 15) is 9.59 Å². The van der Waals surface area contributed by atoms with E-state index in [1.165, 1.54) is 0 Å². The monoisotopic (exact) mass is 287 g/mol. The quantitative estimate of drug-likeness (QED) is 0.696. The zero-order valence-electron chi connectivity index (χ0n) is 11.5. The van der Waals surface area contributed by atoms with E-state index in [-0.39, 0.29) is 17.7 Å². The molecule has 1 aromatic carbocycles. The van der Waals surface area contributed by atoms with Gasteiger partial charge in [0.2, 0.25) is 5.91 Å². The molecule has 7 heteroatoms. The van der Waals surface area contributed by atoms with Crippen LogP contribution in [0, 0.1) is 5.92 Å². The summed E-state index contributed by atoms with van der Waals surface area (Å²) in [7, 11) is 0. The zero-order chi connectivity index (χ0) is 15.0. The second kappa shape index (κ2) is 5.08. The number of likely N-dealkylation sites (tertiary alicyclic amines) is 1. The van der Waals surface area contributed by atoms with Crippen LogP contribution in [0.15, 0.2) is 18.2 Å². The van der Waals surface area contributed by atoms with Crippen molar-refractivity contribution in [1.82, 2.24) is 15.1 Å². The second-order valence-corrected chi connectivity index (χ2v) is 5.37. The fourth-order valence-corrected chi connectivity index (χ4v) is 2.74. The summed E-state index contributed by atoms with van der Waals surface area (Å²) < 4.78 is 0. The molecule has 1 unspecified atom stereocenters. The van der Waals surface area contributed by atoms with Gasteiger partial charge in [-0.25, -0.2) is 0 Å². The number of aromatic nitrogens is 2. The number of hydrogen-bond acceptors (Lipinski definition) is 4. The highest BCUT2D eigenvalue weighted by Crippen LogP contribution is 2.23. The van der Waals surface area contributed by atoms with Gasteiger partial charge in [0, 0.05) is 24.2 Å². The molecule has 0 spiro atoms. The van der Waals surface area contributed by atoms with Crippen LogP contribution < -0.4 is 11.5 Å². The van der Waals surface area contributed by atoms with E-state index in [4.69, 9.17) is 11.5 Å². The first-order valence-electron chi connectivity index (χ1n) is 6.88. The zero-order valence-corrected chi connectivity index (χ0v) is 11.5. The lowest BCUT2D eigenvalue weighted by molar-refractivity contribution is -0.123. The molecule has 1 aliphatic rings. The average molecular weight is 287 g/mol. The third-order valence-corrected chi connectivity index (χ3v) is 3.90. The van der Waals surface area contributed by atoms with Gasteiger partial charge in [-0.05, 0) is 31.0 Å². The van der Waals surface area contributed by atoms with Crippen molar-refractivity contribution >= 4 is 28.4 Å². The van der Waals surface area contributed by atoms with E-state index in [0.29, 0.717) is 29.9 Å². The summed E-state index contributed by atoms with van der Waals surface area (Å²) in [6, 6.07) is 5.26. The number of carbonyl (C=O) groups is 2. The molecule has 1 fully saturated rings. The Labute approximate surface area is 121 Å². The number of nitrogen functional groups attached to an aromatic ring is 1. The van der Waals surface area contributed by atoms with Crippen LogP contribution >= 0.6 is 0 Å². The Kier molecular flexibility index (Phi) is 3.25. The number of nitrogens with two attached hydrogens (primary N) is 2. The van der Waals surface area contributed by atoms with Crippen molar-refractivity contribution in [2.75, 3.05) is 18.8 Å². The lowest BCUT2D eigenvalue weighted by atomic mass is 9.97. The lowest BCUT2D eigenvalue weighted by Gasteiger charge is -2.30. The minimum absolute atomic E-state index is 0.196. The number of H-pyrrole nitrogens is 1. The van der Waals surface area contributed by atoms with Crippen molar-refractivity contribution in [3.63, 3.8) is 0 Å². The molecule has 1 saturated heterocycles. The van der Waals surface area contributed by atoms with Crippen LogP contribution in [0.3, 0.4) is 0 Å². The molecule has 3 rings (SSSR count). The van der Waals surface area contributed by atoms with Crippen molar-refractivity contribution in [3.8, 4) is 0 Å². The number of fused-ring (bicyclic) bond motifs is 1. The largest absolute Gasteiger partial charge is 0.399 e. The van der Waals surface area contributed by atoms with Crippen molar-refractivity contribution in [2.24, 2.45) is 11.7 Å². The molecule has 5 N–H and O–H groups in total. The highest BCUT2D eigenvalue weighted by atomic mass is 16.2. The van der Waals surface area contributed by atoms with E-state index in [1.54, 1.807) is 23.1 Å². The van der Waals surface area contributed by atoms with Gasteiger partial charge in [-0.1, -0.05) is 0 Å². The number of nitrogens with zero attached hydrogens (tertiary/aromatic N) is 2. The molecule has 2 aromatic rings. The van der Waals surface area contributed by atoms with Crippen molar-refractivity contribution in [2.45, 2.75) is 12.8 Å². The van der Waals surface area contributed by atoms with E-state index >= 15 is 0 Å². The average Bonchev–Trinajstić information content (AvgIpc) is 2.89. The molecule has 1 aromatic heterocycles. The molecule has 110 valence electrons. The minimum atomic E-state index is -0.358. The van der Waals surface area contributed by atoms with Gasteiger partial charge in [0.25, 0.3) is 5.91 Å². The molecule has 21 heavy (non-hydrogen) atoms. The first-order valence-corrected chi connectivity index (χ1v) is 6.88. The van der Waals surface area contributed by atoms with Crippen LogP contribution in [0.1, 0.15) is 23.3 Å². The highest BCUT2D eigenvalue weighted by molar-refractivity contribution is 6.05. The maximum Gasteiger partial charge on any atom is 0.275 e.